The number of amides is 1. The minimum absolute atomic E-state index is 0.00452. The molecule has 0 unspecified atom stereocenters. The van der Waals surface area contributed by atoms with E-state index in [0.717, 1.165) is 12.1 Å². The van der Waals surface area contributed by atoms with Crippen molar-refractivity contribution >= 4 is 5.91 Å². The van der Waals surface area contributed by atoms with Crippen LogP contribution in [0.25, 0.3) is 0 Å². The molecule has 1 heterocycles. The van der Waals surface area contributed by atoms with Crippen molar-refractivity contribution in [3.8, 4) is 11.8 Å². The van der Waals surface area contributed by atoms with Gasteiger partial charge in [0.1, 0.15) is 0 Å². The van der Waals surface area contributed by atoms with Crippen molar-refractivity contribution in [2.75, 3.05) is 13.1 Å². The molecule has 0 aliphatic carbocycles. The van der Waals surface area contributed by atoms with Gasteiger partial charge >= 0.3 is 0 Å². The van der Waals surface area contributed by atoms with E-state index in [1.807, 2.05) is 13.1 Å². The zero-order valence-corrected chi connectivity index (χ0v) is 8.66. The lowest BCUT2D eigenvalue weighted by Crippen LogP contribution is -2.30. The van der Waals surface area contributed by atoms with Crippen LogP contribution in [0.2, 0.25) is 0 Å². The van der Waals surface area contributed by atoms with E-state index in [-0.39, 0.29) is 12.5 Å². The smallest absolute Gasteiger partial charge is 0.234 e. The highest BCUT2D eigenvalue weighted by molar-refractivity contribution is 5.77. The van der Waals surface area contributed by atoms with Gasteiger partial charge in [0.05, 0.1) is 24.8 Å². The van der Waals surface area contributed by atoms with E-state index >= 15 is 0 Å². The molecule has 0 aliphatic rings. The molecule has 0 aliphatic heterocycles. The molecule has 1 aromatic rings. The summed E-state index contributed by atoms with van der Waals surface area (Å²) in [4.78, 5) is 10.8. The highest BCUT2D eigenvalue weighted by Gasteiger charge is 1.93. The number of rotatable bonds is 3. The van der Waals surface area contributed by atoms with Gasteiger partial charge in [-0.2, -0.15) is 5.10 Å². The predicted molar refractivity (Wildman–Crippen MR) is 56.8 cm³/mol. The van der Waals surface area contributed by atoms with E-state index in [1.165, 1.54) is 0 Å². The van der Waals surface area contributed by atoms with E-state index in [1.54, 1.807) is 10.9 Å². The third-order valence-corrected chi connectivity index (χ3v) is 1.75. The van der Waals surface area contributed by atoms with Crippen molar-refractivity contribution in [2.45, 2.75) is 13.5 Å². The van der Waals surface area contributed by atoms with Crippen LogP contribution in [0.4, 0.5) is 0 Å². The van der Waals surface area contributed by atoms with Crippen LogP contribution in [-0.4, -0.2) is 28.8 Å². The number of aryl methyl sites for hydroxylation is 1. The van der Waals surface area contributed by atoms with Crippen molar-refractivity contribution in [1.82, 2.24) is 15.1 Å². The minimum Gasteiger partial charge on any atom is -0.344 e. The van der Waals surface area contributed by atoms with Crippen molar-refractivity contribution in [3.05, 3.63) is 18.0 Å². The van der Waals surface area contributed by atoms with Crippen LogP contribution < -0.4 is 11.1 Å². The number of carbonyl (C=O) groups is 1. The normalized spacial score (nSPS) is 9.20. The molecule has 0 radical (unpaired) electrons. The van der Waals surface area contributed by atoms with Crippen molar-refractivity contribution in [3.63, 3.8) is 0 Å². The molecule has 5 heteroatoms. The van der Waals surface area contributed by atoms with E-state index in [9.17, 15) is 4.79 Å². The maximum Gasteiger partial charge on any atom is 0.234 e. The van der Waals surface area contributed by atoms with Crippen LogP contribution in [0.1, 0.15) is 12.5 Å². The van der Waals surface area contributed by atoms with Crippen LogP contribution in [0.15, 0.2) is 12.4 Å². The van der Waals surface area contributed by atoms with Crippen LogP contribution in [-0.2, 0) is 11.3 Å². The highest BCUT2D eigenvalue weighted by atomic mass is 16.1. The van der Waals surface area contributed by atoms with Gasteiger partial charge in [-0.3, -0.25) is 9.48 Å². The van der Waals surface area contributed by atoms with Gasteiger partial charge in [0.15, 0.2) is 0 Å². The van der Waals surface area contributed by atoms with Gasteiger partial charge in [-0.15, -0.1) is 0 Å². The number of nitrogens with zero attached hydrogens (tertiary/aromatic N) is 2. The lowest BCUT2D eigenvalue weighted by Gasteiger charge is -1.94. The summed E-state index contributed by atoms with van der Waals surface area (Å²) in [5.41, 5.74) is 5.96. The molecule has 0 spiro atoms. The van der Waals surface area contributed by atoms with E-state index in [0.29, 0.717) is 6.54 Å². The van der Waals surface area contributed by atoms with Gasteiger partial charge in [0.2, 0.25) is 5.91 Å². The molecule has 1 amide bonds. The first-order valence-electron chi connectivity index (χ1n) is 4.74. The molecule has 1 rings (SSSR count). The molecule has 0 atom stereocenters. The van der Waals surface area contributed by atoms with Gasteiger partial charge in [-0.25, -0.2) is 0 Å². The first-order chi connectivity index (χ1) is 7.26. The first kappa shape index (κ1) is 11.3. The van der Waals surface area contributed by atoms with E-state index < -0.39 is 0 Å². The topological polar surface area (TPSA) is 72.9 Å². The molecule has 3 N–H and O–H groups in total. The molecule has 0 saturated heterocycles. The van der Waals surface area contributed by atoms with Gasteiger partial charge in [0, 0.05) is 12.7 Å². The van der Waals surface area contributed by atoms with Crippen molar-refractivity contribution < 1.29 is 4.79 Å². The van der Waals surface area contributed by atoms with Gasteiger partial charge in [-0.05, 0) is 6.92 Å². The Balaban J connectivity index is 2.41. The Morgan fingerprint density at radius 1 is 1.73 bits per heavy atom. The molecule has 0 aromatic carbocycles. The first-order valence-corrected chi connectivity index (χ1v) is 4.74. The third-order valence-electron chi connectivity index (χ3n) is 1.75. The fourth-order valence-electron chi connectivity index (χ4n) is 0.962. The summed E-state index contributed by atoms with van der Waals surface area (Å²) in [5.74, 6) is 5.50. The summed E-state index contributed by atoms with van der Waals surface area (Å²) in [5, 5.41) is 6.63. The van der Waals surface area contributed by atoms with Gasteiger partial charge < -0.3 is 11.1 Å². The van der Waals surface area contributed by atoms with Gasteiger partial charge in [-0.1, -0.05) is 11.8 Å². The standard InChI is InChI=1S/C10H14N4O/c1-2-14-8-9(7-13-14)4-3-5-12-10(15)6-11/h7-8H,2,5-6,11H2,1H3,(H,12,15). The molecule has 0 saturated carbocycles. The second kappa shape index (κ2) is 5.83. The SMILES string of the molecule is CCn1cc(C#CCNC(=O)CN)cn1. The lowest BCUT2D eigenvalue weighted by atomic mass is 10.3. The fraction of sp³-hybridized carbons (Fsp3) is 0.400. The van der Waals surface area contributed by atoms with Crippen LogP contribution in [0.5, 0.6) is 0 Å². The van der Waals surface area contributed by atoms with Crippen molar-refractivity contribution in [2.24, 2.45) is 5.73 Å². The molecule has 80 valence electrons. The summed E-state index contributed by atoms with van der Waals surface area (Å²) < 4.78 is 1.79. The summed E-state index contributed by atoms with van der Waals surface area (Å²) in [6, 6.07) is 0. The minimum atomic E-state index is -0.200. The lowest BCUT2D eigenvalue weighted by molar-refractivity contribution is -0.119. The second-order valence-electron chi connectivity index (χ2n) is 2.87. The molecule has 5 nitrogen and oxygen atoms in total. The largest absolute Gasteiger partial charge is 0.344 e. The zero-order valence-electron chi connectivity index (χ0n) is 8.66. The van der Waals surface area contributed by atoms with E-state index in [4.69, 9.17) is 5.73 Å². The number of hydrogen-bond donors (Lipinski definition) is 2. The van der Waals surface area contributed by atoms with Crippen LogP contribution in [0.3, 0.4) is 0 Å². The quantitative estimate of drug-likeness (QED) is 0.644. The highest BCUT2D eigenvalue weighted by Crippen LogP contribution is 1.93. The molecule has 15 heavy (non-hydrogen) atoms. The number of nitrogens with two attached hydrogens (primary N) is 1. The van der Waals surface area contributed by atoms with Crippen LogP contribution in [0, 0.1) is 11.8 Å². The average molecular weight is 206 g/mol. The van der Waals surface area contributed by atoms with Crippen molar-refractivity contribution in [1.29, 1.82) is 0 Å². The molecular weight excluding hydrogens is 192 g/mol. The Morgan fingerprint density at radius 3 is 3.13 bits per heavy atom. The Bertz CT molecular complexity index is 386. The molecule has 1 aromatic heterocycles. The predicted octanol–water partition coefficient (Wildman–Crippen LogP) is -0.671. The second-order valence-corrected chi connectivity index (χ2v) is 2.87. The molecule has 0 bridgehead atoms. The maximum atomic E-state index is 10.8. The summed E-state index contributed by atoms with van der Waals surface area (Å²) in [7, 11) is 0. The third kappa shape index (κ3) is 3.83. The monoisotopic (exact) mass is 206 g/mol. The number of hydrogen-bond acceptors (Lipinski definition) is 3. The maximum absolute atomic E-state index is 10.8. The number of nitrogens with one attached hydrogen (secondary N) is 1. The summed E-state index contributed by atoms with van der Waals surface area (Å²) in [6.45, 7) is 3.14. The Kier molecular flexibility index (Phi) is 4.38. The Morgan fingerprint density at radius 2 is 2.53 bits per heavy atom. The number of carbonyl (C=O) groups excluding carboxylic acids is 1. The summed E-state index contributed by atoms with van der Waals surface area (Å²) >= 11 is 0. The number of aromatic nitrogens is 2. The fourth-order valence-corrected chi connectivity index (χ4v) is 0.962. The zero-order chi connectivity index (χ0) is 11.1. The Labute approximate surface area is 88.6 Å². The van der Waals surface area contributed by atoms with Gasteiger partial charge in [0.25, 0.3) is 0 Å². The van der Waals surface area contributed by atoms with Crippen LogP contribution >= 0.6 is 0 Å². The summed E-state index contributed by atoms with van der Waals surface area (Å²) in [6.07, 6.45) is 3.55. The molecule has 0 fully saturated rings. The Hall–Kier alpha value is -1.80. The molecular formula is C10H14N4O. The van der Waals surface area contributed by atoms with E-state index in [2.05, 4.69) is 22.3 Å². The average Bonchev–Trinajstić information content (AvgIpc) is 2.72.